The quantitative estimate of drug-likeness (QED) is 0.525. The van der Waals surface area contributed by atoms with Gasteiger partial charge < -0.3 is 0 Å². The van der Waals surface area contributed by atoms with Crippen LogP contribution in [0.5, 0.6) is 0 Å². The van der Waals surface area contributed by atoms with Gasteiger partial charge in [0.15, 0.2) is 5.16 Å². The second-order valence-electron chi connectivity index (χ2n) is 6.31. The summed E-state index contributed by atoms with van der Waals surface area (Å²) in [7, 11) is 0. The van der Waals surface area contributed by atoms with Gasteiger partial charge in [-0.3, -0.25) is 9.59 Å². The molecule has 1 aromatic heterocycles. The number of anilines is 1. The maximum Gasteiger partial charge on any atom is 0.247 e. The summed E-state index contributed by atoms with van der Waals surface area (Å²) in [5.74, 6) is -0.396. The lowest BCUT2D eigenvalue weighted by Gasteiger charge is -2.17. The first-order valence-electron chi connectivity index (χ1n) is 8.36. The Bertz CT molecular complexity index is 1010. The molecular weight excluding hydrogens is 346 g/mol. The minimum Gasteiger partial charge on any atom is -0.274 e. The number of hydrogen-bond donors (Lipinski definition) is 0. The zero-order valence-corrected chi connectivity index (χ0v) is 15.3. The van der Waals surface area contributed by atoms with E-state index in [0.29, 0.717) is 10.8 Å². The van der Waals surface area contributed by atoms with E-state index in [1.807, 2.05) is 62.4 Å². The molecule has 0 N–H and O–H groups in total. The lowest BCUT2D eigenvalue weighted by atomic mass is 10.1. The van der Waals surface area contributed by atoms with Crippen molar-refractivity contribution in [1.29, 1.82) is 0 Å². The first kappa shape index (κ1) is 16.7. The Balaban J connectivity index is 1.67. The molecule has 1 aliphatic rings. The van der Waals surface area contributed by atoms with Crippen molar-refractivity contribution in [2.75, 3.05) is 4.90 Å². The molecule has 4 rings (SSSR count). The summed E-state index contributed by atoms with van der Waals surface area (Å²) in [6, 6.07) is 15.3. The number of nitrogens with zero attached hydrogens (tertiary/aromatic N) is 3. The molecule has 0 saturated carbocycles. The Morgan fingerprint density at radius 1 is 1.00 bits per heavy atom. The monoisotopic (exact) mass is 363 g/mol. The Hall–Kier alpha value is -2.73. The molecule has 0 bridgehead atoms. The van der Waals surface area contributed by atoms with Crippen LogP contribution in [-0.2, 0) is 9.59 Å². The van der Waals surface area contributed by atoms with Crippen LogP contribution in [-0.4, -0.2) is 27.0 Å². The van der Waals surface area contributed by atoms with Crippen LogP contribution in [0.1, 0.15) is 17.8 Å². The normalized spacial score (nSPS) is 17.3. The molecule has 3 aromatic rings. The number of fused-ring (bicyclic) bond motifs is 1. The van der Waals surface area contributed by atoms with Gasteiger partial charge in [0, 0.05) is 23.2 Å². The molecule has 1 unspecified atom stereocenters. The third-order valence-electron chi connectivity index (χ3n) is 4.32. The number of carbonyl (C=O) groups excluding carboxylic acids is 2. The van der Waals surface area contributed by atoms with Crippen molar-refractivity contribution < 1.29 is 9.59 Å². The van der Waals surface area contributed by atoms with Gasteiger partial charge in [0.2, 0.25) is 11.8 Å². The maximum atomic E-state index is 13.0. The Morgan fingerprint density at radius 2 is 1.69 bits per heavy atom. The van der Waals surface area contributed by atoms with Gasteiger partial charge in [-0.15, -0.1) is 0 Å². The number of benzene rings is 2. The maximum absolute atomic E-state index is 13.0. The summed E-state index contributed by atoms with van der Waals surface area (Å²) >= 11 is 1.26. The third kappa shape index (κ3) is 2.97. The lowest BCUT2D eigenvalue weighted by Crippen LogP contribution is -2.31. The Kier molecular flexibility index (Phi) is 4.20. The van der Waals surface area contributed by atoms with Crippen molar-refractivity contribution >= 4 is 40.0 Å². The summed E-state index contributed by atoms with van der Waals surface area (Å²) in [4.78, 5) is 35.6. The van der Waals surface area contributed by atoms with Crippen molar-refractivity contribution in [3.8, 4) is 0 Å². The highest BCUT2D eigenvalue weighted by atomic mass is 32.2. The van der Waals surface area contributed by atoms with Crippen LogP contribution in [0.4, 0.5) is 5.69 Å². The number of amides is 2. The van der Waals surface area contributed by atoms with E-state index in [4.69, 9.17) is 0 Å². The van der Waals surface area contributed by atoms with Crippen LogP contribution >= 0.6 is 11.8 Å². The fraction of sp³-hybridized carbons (Fsp3) is 0.200. The number of rotatable bonds is 3. The summed E-state index contributed by atoms with van der Waals surface area (Å²) in [6.07, 6.45) is 0.156. The lowest BCUT2D eigenvalue weighted by molar-refractivity contribution is -0.121. The van der Waals surface area contributed by atoms with Gasteiger partial charge >= 0.3 is 0 Å². The molecule has 2 aromatic carbocycles. The fourth-order valence-electron chi connectivity index (χ4n) is 3.23. The van der Waals surface area contributed by atoms with E-state index < -0.39 is 5.25 Å². The highest BCUT2D eigenvalue weighted by Gasteiger charge is 2.41. The summed E-state index contributed by atoms with van der Waals surface area (Å²) < 4.78 is 0. The standard InChI is InChI=1S/C20H17N3O2S/c1-12-10-13(2)22-20(21-12)26-17-11-18(24)23(19(17)25)16-9-5-7-14-6-3-4-8-15(14)16/h3-10,17H,11H2,1-2H3. The van der Waals surface area contributed by atoms with Gasteiger partial charge in [0.05, 0.1) is 5.69 Å². The second kappa shape index (κ2) is 6.53. The summed E-state index contributed by atoms with van der Waals surface area (Å²) in [6.45, 7) is 3.78. The van der Waals surface area contributed by atoms with Gasteiger partial charge in [-0.05, 0) is 31.4 Å². The zero-order valence-electron chi connectivity index (χ0n) is 14.5. The molecule has 1 atom stereocenters. The molecule has 1 fully saturated rings. The van der Waals surface area contributed by atoms with Crippen molar-refractivity contribution in [1.82, 2.24) is 9.97 Å². The smallest absolute Gasteiger partial charge is 0.247 e. The average molecular weight is 363 g/mol. The summed E-state index contributed by atoms with van der Waals surface area (Å²) in [5, 5.41) is 1.93. The van der Waals surface area contributed by atoms with Crippen molar-refractivity contribution in [3.63, 3.8) is 0 Å². The van der Waals surface area contributed by atoms with Crippen LogP contribution in [0.3, 0.4) is 0 Å². The van der Waals surface area contributed by atoms with E-state index in [1.54, 1.807) is 0 Å². The number of thioether (sulfide) groups is 1. The van der Waals surface area contributed by atoms with Gasteiger partial charge in [0.1, 0.15) is 5.25 Å². The minimum atomic E-state index is -0.498. The molecule has 130 valence electrons. The molecular formula is C20H17N3O2S. The number of hydrogen-bond acceptors (Lipinski definition) is 5. The summed E-state index contributed by atoms with van der Waals surface area (Å²) in [5.41, 5.74) is 2.34. The van der Waals surface area contributed by atoms with Crippen LogP contribution in [0, 0.1) is 13.8 Å². The van der Waals surface area contributed by atoms with Gasteiger partial charge in [-0.2, -0.15) is 0 Å². The number of imide groups is 1. The first-order chi connectivity index (χ1) is 12.5. The van der Waals surface area contributed by atoms with E-state index in [2.05, 4.69) is 9.97 Å². The van der Waals surface area contributed by atoms with Crippen molar-refractivity contribution in [2.45, 2.75) is 30.7 Å². The molecule has 26 heavy (non-hydrogen) atoms. The predicted octanol–water partition coefficient (Wildman–Crippen LogP) is 3.67. The largest absolute Gasteiger partial charge is 0.274 e. The number of aromatic nitrogens is 2. The van der Waals surface area contributed by atoms with E-state index in [9.17, 15) is 9.59 Å². The van der Waals surface area contributed by atoms with Gasteiger partial charge in [-0.25, -0.2) is 14.9 Å². The second-order valence-corrected chi connectivity index (χ2v) is 7.48. The first-order valence-corrected chi connectivity index (χ1v) is 9.24. The molecule has 0 radical (unpaired) electrons. The molecule has 6 heteroatoms. The van der Waals surface area contributed by atoms with E-state index in [0.717, 1.165) is 22.2 Å². The Morgan fingerprint density at radius 3 is 2.46 bits per heavy atom. The highest BCUT2D eigenvalue weighted by molar-refractivity contribution is 8.00. The van der Waals surface area contributed by atoms with Crippen LogP contribution in [0.15, 0.2) is 53.7 Å². The molecule has 0 aliphatic carbocycles. The van der Waals surface area contributed by atoms with E-state index in [1.165, 1.54) is 16.7 Å². The highest BCUT2D eigenvalue weighted by Crippen LogP contribution is 2.35. The van der Waals surface area contributed by atoms with E-state index in [-0.39, 0.29) is 18.2 Å². The molecule has 0 spiro atoms. The molecule has 5 nitrogen and oxygen atoms in total. The van der Waals surface area contributed by atoms with Gasteiger partial charge in [-0.1, -0.05) is 48.2 Å². The SMILES string of the molecule is Cc1cc(C)nc(SC2CC(=O)N(c3cccc4ccccc34)C2=O)n1. The number of aryl methyl sites for hydroxylation is 2. The molecule has 2 heterocycles. The zero-order chi connectivity index (χ0) is 18.3. The van der Waals surface area contributed by atoms with Crippen LogP contribution < -0.4 is 4.90 Å². The number of carbonyl (C=O) groups is 2. The van der Waals surface area contributed by atoms with Gasteiger partial charge in [0.25, 0.3) is 0 Å². The molecule has 2 amide bonds. The fourth-order valence-corrected chi connectivity index (χ4v) is 4.31. The molecule has 1 aliphatic heterocycles. The third-order valence-corrected chi connectivity index (χ3v) is 5.37. The average Bonchev–Trinajstić information content (AvgIpc) is 2.87. The topological polar surface area (TPSA) is 63.2 Å². The van der Waals surface area contributed by atoms with Crippen LogP contribution in [0.25, 0.3) is 10.8 Å². The molecule has 1 saturated heterocycles. The Labute approximate surface area is 155 Å². The van der Waals surface area contributed by atoms with Crippen molar-refractivity contribution in [3.05, 3.63) is 59.9 Å². The van der Waals surface area contributed by atoms with E-state index >= 15 is 0 Å². The van der Waals surface area contributed by atoms with Crippen LogP contribution in [0.2, 0.25) is 0 Å². The minimum absolute atomic E-state index is 0.156. The predicted molar refractivity (Wildman–Crippen MR) is 102 cm³/mol. The van der Waals surface area contributed by atoms with Crippen molar-refractivity contribution in [2.24, 2.45) is 0 Å².